The molecule has 3 rings (SSSR count). The second-order valence-corrected chi connectivity index (χ2v) is 10.4. The third-order valence-electron chi connectivity index (χ3n) is 3.78. The molecule has 10 heteroatoms. The van der Waals surface area contributed by atoms with Gasteiger partial charge in [0.15, 0.2) is 0 Å². The highest BCUT2D eigenvalue weighted by Crippen LogP contribution is 2.21. The van der Waals surface area contributed by atoms with E-state index in [9.17, 15) is 16.8 Å². The van der Waals surface area contributed by atoms with Crippen molar-refractivity contribution in [3.05, 3.63) is 88.4 Å². The molecule has 3 aromatic carbocycles. The van der Waals surface area contributed by atoms with Gasteiger partial charge in [-0.15, -0.1) is 0 Å². The van der Waals surface area contributed by atoms with Gasteiger partial charge in [-0.3, -0.25) is 9.44 Å². The number of nitrogens with one attached hydrogen (secondary N) is 2. The zero-order valence-electron chi connectivity index (χ0n) is 14.8. The van der Waals surface area contributed by atoms with Crippen LogP contribution in [-0.4, -0.2) is 16.8 Å². The van der Waals surface area contributed by atoms with E-state index in [1.165, 1.54) is 30.3 Å². The molecule has 0 aliphatic rings. The van der Waals surface area contributed by atoms with Crippen molar-refractivity contribution in [1.29, 1.82) is 0 Å². The molecule has 0 heterocycles. The van der Waals surface area contributed by atoms with Crippen LogP contribution in [-0.2, 0) is 25.8 Å². The molecule has 0 unspecified atom stereocenters. The van der Waals surface area contributed by atoms with Crippen molar-refractivity contribution in [2.75, 3.05) is 9.44 Å². The summed E-state index contributed by atoms with van der Waals surface area (Å²) in [5, 5.41) is 0.915. The predicted molar refractivity (Wildman–Crippen MR) is 116 cm³/mol. The van der Waals surface area contributed by atoms with Gasteiger partial charge in [0.25, 0.3) is 10.0 Å². The summed E-state index contributed by atoms with van der Waals surface area (Å²) in [6.45, 7) is 0. The number of anilines is 2. The second kappa shape index (κ2) is 8.62. The fourth-order valence-electron chi connectivity index (χ4n) is 2.48. The average molecular weight is 471 g/mol. The summed E-state index contributed by atoms with van der Waals surface area (Å²) < 4.78 is 54.4. The summed E-state index contributed by atoms with van der Waals surface area (Å²) >= 11 is 11.7. The molecular formula is C19H16Cl2N2O4S2. The van der Waals surface area contributed by atoms with Gasteiger partial charge in [-0.25, -0.2) is 16.8 Å². The first kappa shape index (κ1) is 21.4. The fraction of sp³-hybridized carbons (Fsp3) is 0.0526. The molecule has 0 aliphatic carbocycles. The third-order valence-corrected chi connectivity index (χ3v) is 6.93. The Bertz CT molecular complexity index is 1210. The lowest BCUT2D eigenvalue weighted by molar-refractivity contribution is 0.599. The minimum Gasteiger partial charge on any atom is -0.283 e. The van der Waals surface area contributed by atoms with E-state index in [0.29, 0.717) is 21.3 Å². The standard InChI is InChI=1S/C19H16Cl2N2O4S2/c20-15-6-4-14(5-7-15)13-28(24,25)22-17-8-10-19(11-9-17)29(26,27)23-18-3-1-2-16(21)12-18/h1-12,22-23H,13H2. The van der Waals surface area contributed by atoms with Gasteiger partial charge in [-0.05, 0) is 60.2 Å². The largest absolute Gasteiger partial charge is 0.283 e. The molecule has 0 atom stereocenters. The highest BCUT2D eigenvalue weighted by atomic mass is 35.5. The lowest BCUT2D eigenvalue weighted by atomic mass is 10.2. The van der Waals surface area contributed by atoms with Crippen molar-refractivity contribution in [3.63, 3.8) is 0 Å². The molecule has 3 aromatic rings. The Morgan fingerprint density at radius 1 is 0.690 bits per heavy atom. The SMILES string of the molecule is O=S(=O)(Cc1ccc(Cl)cc1)Nc1ccc(S(=O)(=O)Nc2cccc(Cl)c2)cc1. The van der Waals surface area contributed by atoms with Gasteiger partial charge >= 0.3 is 0 Å². The highest BCUT2D eigenvalue weighted by molar-refractivity contribution is 7.92. The first-order chi connectivity index (χ1) is 13.6. The van der Waals surface area contributed by atoms with Crippen LogP contribution in [0.4, 0.5) is 11.4 Å². The highest BCUT2D eigenvalue weighted by Gasteiger charge is 2.16. The summed E-state index contributed by atoms with van der Waals surface area (Å²) in [5.41, 5.74) is 1.15. The number of sulfonamides is 2. The van der Waals surface area contributed by atoms with Crippen LogP contribution in [0.1, 0.15) is 5.56 Å². The molecule has 152 valence electrons. The van der Waals surface area contributed by atoms with E-state index in [0.717, 1.165) is 0 Å². The van der Waals surface area contributed by atoms with Gasteiger partial charge in [0, 0.05) is 15.7 Å². The van der Waals surface area contributed by atoms with Gasteiger partial charge < -0.3 is 0 Å². The smallest absolute Gasteiger partial charge is 0.261 e. The van der Waals surface area contributed by atoms with Crippen molar-refractivity contribution in [1.82, 2.24) is 0 Å². The van der Waals surface area contributed by atoms with Crippen molar-refractivity contribution in [2.24, 2.45) is 0 Å². The quantitative estimate of drug-likeness (QED) is 0.521. The number of hydrogen-bond donors (Lipinski definition) is 2. The Morgan fingerprint density at radius 3 is 1.97 bits per heavy atom. The third kappa shape index (κ3) is 6.11. The summed E-state index contributed by atoms with van der Waals surface area (Å²) in [6.07, 6.45) is 0. The number of benzene rings is 3. The molecule has 0 spiro atoms. The first-order valence-corrected chi connectivity index (χ1v) is 12.2. The maximum atomic E-state index is 12.5. The van der Waals surface area contributed by atoms with Crippen molar-refractivity contribution in [3.8, 4) is 0 Å². The molecule has 0 fully saturated rings. The van der Waals surface area contributed by atoms with E-state index < -0.39 is 20.0 Å². The summed E-state index contributed by atoms with van der Waals surface area (Å²) in [5.74, 6) is -0.236. The molecule has 0 aliphatic heterocycles. The predicted octanol–water partition coefficient (Wildman–Crippen LogP) is 4.74. The Balaban J connectivity index is 1.71. The number of hydrogen-bond acceptors (Lipinski definition) is 4. The first-order valence-electron chi connectivity index (χ1n) is 8.26. The van der Waals surface area contributed by atoms with Gasteiger partial charge in [0.2, 0.25) is 10.0 Å². The normalized spacial score (nSPS) is 11.8. The maximum absolute atomic E-state index is 12.5. The van der Waals surface area contributed by atoms with E-state index in [1.807, 2.05) is 0 Å². The molecule has 0 bridgehead atoms. The Labute approximate surface area is 179 Å². The van der Waals surface area contributed by atoms with E-state index in [-0.39, 0.29) is 16.3 Å². The Kier molecular flexibility index (Phi) is 6.38. The molecule has 0 amide bonds. The summed E-state index contributed by atoms with van der Waals surface area (Å²) in [6, 6.07) is 18.2. The van der Waals surface area contributed by atoms with Crippen LogP contribution in [0.3, 0.4) is 0 Å². The molecule has 0 radical (unpaired) electrons. The zero-order chi connectivity index (χ0) is 21.1. The molecule has 2 N–H and O–H groups in total. The minimum absolute atomic E-state index is 0.0156. The van der Waals surface area contributed by atoms with Gasteiger partial charge in [-0.2, -0.15) is 0 Å². The monoisotopic (exact) mass is 470 g/mol. The Morgan fingerprint density at radius 2 is 1.34 bits per heavy atom. The van der Waals surface area contributed by atoms with Crippen LogP contribution in [0.25, 0.3) is 0 Å². The molecule has 0 aromatic heterocycles. The average Bonchev–Trinajstić information content (AvgIpc) is 2.63. The lowest BCUT2D eigenvalue weighted by Gasteiger charge is -2.11. The van der Waals surface area contributed by atoms with Crippen molar-refractivity contribution >= 4 is 54.6 Å². The van der Waals surface area contributed by atoms with Crippen LogP contribution in [0.15, 0.2) is 77.7 Å². The van der Waals surface area contributed by atoms with Crippen LogP contribution >= 0.6 is 23.2 Å². The Hall–Kier alpha value is -2.26. The van der Waals surface area contributed by atoms with Crippen LogP contribution in [0.2, 0.25) is 10.0 Å². The van der Waals surface area contributed by atoms with Gasteiger partial charge in [0.05, 0.1) is 16.3 Å². The summed E-state index contributed by atoms with van der Waals surface area (Å²) in [4.78, 5) is -0.0156. The molecule has 0 saturated heterocycles. The zero-order valence-corrected chi connectivity index (χ0v) is 18.0. The van der Waals surface area contributed by atoms with E-state index in [4.69, 9.17) is 23.2 Å². The van der Waals surface area contributed by atoms with Crippen LogP contribution in [0, 0.1) is 0 Å². The number of rotatable bonds is 7. The second-order valence-electron chi connectivity index (χ2n) is 6.13. The van der Waals surface area contributed by atoms with Crippen molar-refractivity contribution in [2.45, 2.75) is 10.6 Å². The minimum atomic E-state index is -3.84. The maximum Gasteiger partial charge on any atom is 0.261 e. The molecule has 6 nitrogen and oxygen atoms in total. The van der Waals surface area contributed by atoms with Gasteiger partial charge in [-0.1, -0.05) is 41.4 Å². The lowest BCUT2D eigenvalue weighted by Crippen LogP contribution is -2.16. The van der Waals surface area contributed by atoms with Gasteiger partial charge in [0.1, 0.15) is 0 Å². The van der Waals surface area contributed by atoms with E-state index in [2.05, 4.69) is 9.44 Å². The molecule has 0 saturated carbocycles. The van der Waals surface area contributed by atoms with Crippen LogP contribution < -0.4 is 9.44 Å². The van der Waals surface area contributed by atoms with E-state index in [1.54, 1.807) is 42.5 Å². The van der Waals surface area contributed by atoms with E-state index >= 15 is 0 Å². The summed E-state index contributed by atoms with van der Waals surface area (Å²) in [7, 11) is -7.52. The fourth-order valence-corrected chi connectivity index (χ4v) is 5.05. The molecule has 29 heavy (non-hydrogen) atoms. The number of halogens is 2. The van der Waals surface area contributed by atoms with Crippen LogP contribution in [0.5, 0.6) is 0 Å². The van der Waals surface area contributed by atoms with Crippen molar-refractivity contribution < 1.29 is 16.8 Å². The molecular weight excluding hydrogens is 455 g/mol. The topological polar surface area (TPSA) is 92.3 Å².